The van der Waals surface area contributed by atoms with Crippen LogP contribution in [-0.2, 0) is 16.5 Å². The molecule has 1 heterocycles. The normalized spacial score (nSPS) is 12.1. The number of aromatic nitrogens is 2. The van der Waals surface area contributed by atoms with Crippen LogP contribution in [0.1, 0.15) is 12.2 Å². The smallest absolute Gasteiger partial charge is 0.264 e. The number of nitrogens with one attached hydrogen (secondary N) is 1. The molecule has 0 bridgehead atoms. The molecule has 6 heteroatoms. The monoisotopic (exact) mass is 240 g/mol. The second kappa shape index (κ2) is 4.23. The summed E-state index contributed by atoms with van der Waals surface area (Å²) >= 11 is 0. The van der Waals surface area contributed by atoms with Gasteiger partial charge in [0.05, 0.1) is 16.8 Å². The molecule has 0 amide bonds. The predicted octanol–water partition coefficient (Wildman–Crippen LogP) is 1.38. The maximum Gasteiger partial charge on any atom is 0.264 e. The van der Waals surface area contributed by atoms with E-state index >= 15 is 0 Å². The number of para-hydroxylation sites is 2. The minimum absolute atomic E-state index is 0.232. The first-order valence-corrected chi connectivity index (χ1v) is 6.54. The van der Waals surface area contributed by atoms with Crippen LogP contribution in [-0.4, -0.2) is 28.7 Å². The van der Waals surface area contributed by atoms with E-state index in [0.29, 0.717) is 12.8 Å². The highest BCUT2D eigenvalue weighted by Gasteiger charge is 2.06. The fourth-order valence-corrected chi connectivity index (χ4v) is 2.06. The quantitative estimate of drug-likeness (QED) is 0.791. The van der Waals surface area contributed by atoms with E-state index in [1.54, 1.807) is 0 Å². The number of nitrogens with zero attached hydrogens (tertiary/aromatic N) is 1. The molecular weight excluding hydrogens is 228 g/mol. The number of rotatable bonds is 4. The highest BCUT2D eigenvalue weighted by atomic mass is 32.2. The van der Waals surface area contributed by atoms with Gasteiger partial charge in [0.1, 0.15) is 5.82 Å². The van der Waals surface area contributed by atoms with Crippen molar-refractivity contribution in [1.82, 2.24) is 9.97 Å². The molecule has 0 radical (unpaired) electrons. The van der Waals surface area contributed by atoms with E-state index in [4.69, 9.17) is 4.55 Å². The minimum atomic E-state index is -3.87. The largest absolute Gasteiger partial charge is 0.342 e. The zero-order valence-corrected chi connectivity index (χ0v) is 9.37. The Balaban J connectivity index is 2.05. The number of aromatic amines is 1. The van der Waals surface area contributed by atoms with Crippen molar-refractivity contribution in [3.8, 4) is 0 Å². The summed E-state index contributed by atoms with van der Waals surface area (Å²) in [6, 6.07) is 7.60. The molecule has 0 saturated carbocycles. The fraction of sp³-hybridized carbons (Fsp3) is 0.300. The molecule has 0 unspecified atom stereocenters. The molecule has 0 fully saturated rings. The maximum atomic E-state index is 10.5. The first-order chi connectivity index (χ1) is 7.54. The van der Waals surface area contributed by atoms with Crippen LogP contribution in [0.5, 0.6) is 0 Å². The van der Waals surface area contributed by atoms with E-state index in [2.05, 4.69) is 9.97 Å². The number of hydrogen-bond acceptors (Lipinski definition) is 3. The lowest BCUT2D eigenvalue weighted by molar-refractivity contribution is 0.481. The lowest BCUT2D eigenvalue weighted by Crippen LogP contribution is -2.05. The van der Waals surface area contributed by atoms with Crippen LogP contribution in [0.25, 0.3) is 11.0 Å². The zero-order chi connectivity index (χ0) is 11.6. The van der Waals surface area contributed by atoms with Crippen LogP contribution in [0, 0.1) is 0 Å². The highest BCUT2D eigenvalue weighted by Crippen LogP contribution is 2.11. The van der Waals surface area contributed by atoms with Gasteiger partial charge >= 0.3 is 0 Å². The van der Waals surface area contributed by atoms with Gasteiger partial charge in [0.2, 0.25) is 0 Å². The number of fused-ring (bicyclic) bond motifs is 1. The molecular formula is C10H12N2O3S. The van der Waals surface area contributed by atoms with Crippen LogP contribution in [0.15, 0.2) is 24.3 Å². The fourth-order valence-electron chi connectivity index (χ4n) is 1.55. The van der Waals surface area contributed by atoms with Gasteiger partial charge in [-0.15, -0.1) is 0 Å². The van der Waals surface area contributed by atoms with E-state index < -0.39 is 10.1 Å². The Kier molecular flexibility index (Phi) is 2.93. The summed E-state index contributed by atoms with van der Waals surface area (Å²) in [4.78, 5) is 7.39. The van der Waals surface area contributed by atoms with Crippen molar-refractivity contribution < 1.29 is 13.0 Å². The average Bonchev–Trinajstić information content (AvgIpc) is 2.57. The molecule has 2 aromatic rings. The van der Waals surface area contributed by atoms with E-state index in [9.17, 15) is 8.42 Å². The van der Waals surface area contributed by atoms with Crippen LogP contribution in [0.2, 0.25) is 0 Å². The minimum Gasteiger partial charge on any atom is -0.342 e. The zero-order valence-electron chi connectivity index (χ0n) is 8.55. The third-order valence-electron chi connectivity index (χ3n) is 2.25. The van der Waals surface area contributed by atoms with Crippen molar-refractivity contribution in [3.63, 3.8) is 0 Å². The lowest BCUT2D eigenvalue weighted by Gasteiger charge is -1.94. The van der Waals surface area contributed by atoms with Gasteiger partial charge in [-0.2, -0.15) is 8.42 Å². The van der Waals surface area contributed by atoms with Gasteiger partial charge < -0.3 is 4.98 Å². The molecule has 0 aliphatic carbocycles. The Bertz CT molecular complexity index is 556. The van der Waals surface area contributed by atoms with Gasteiger partial charge in [0, 0.05) is 6.42 Å². The lowest BCUT2D eigenvalue weighted by atomic mass is 10.3. The molecule has 5 nitrogen and oxygen atoms in total. The number of H-pyrrole nitrogens is 1. The van der Waals surface area contributed by atoms with E-state index in [0.717, 1.165) is 16.9 Å². The summed E-state index contributed by atoms with van der Waals surface area (Å²) in [5, 5.41) is 0. The number of hydrogen-bond donors (Lipinski definition) is 2. The van der Waals surface area contributed by atoms with Crippen molar-refractivity contribution in [1.29, 1.82) is 0 Å². The van der Waals surface area contributed by atoms with Gasteiger partial charge in [0.15, 0.2) is 0 Å². The Labute approximate surface area is 93.3 Å². The van der Waals surface area contributed by atoms with Gasteiger partial charge in [-0.05, 0) is 18.6 Å². The molecule has 2 rings (SSSR count). The molecule has 2 N–H and O–H groups in total. The summed E-state index contributed by atoms with van der Waals surface area (Å²) in [5.74, 6) is 0.509. The predicted molar refractivity (Wildman–Crippen MR) is 60.8 cm³/mol. The maximum absolute atomic E-state index is 10.5. The van der Waals surface area contributed by atoms with E-state index in [1.165, 1.54) is 0 Å². The topological polar surface area (TPSA) is 83.1 Å². The summed E-state index contributed by atoms with van der Waals surface area (Å²) in [6.45, 7) is 0. The third-order valence-corrected chi connectivity index (χ3v) is 3.06. The van der Waals surface area contributed by atoms with Crippen LogP contribution >= 0.6 is 0 Å². The summed E-state index contributed by atoms with van der Waals surface area (Å²) in [6.07, 6.45) is 0.868. The molecule has 0 atom stereocenters. The van der Waals surface area contributed by atoms with Gasteiger partial charge in [0.25, 0.3) is 10.1 Å². The van der Waals surface area contributed by atoms with Crippen molar-refractivity contribution in [2.24, 2.45) is 0 Å². The third kappa shape index (κ3) is 2.80. The van der Waals surface area contributed by atoms with Gasteiger partial charge in [-0.25, -0.2) is 4.98 Å². The second-order valence-corrected chi connectivity index (χ2v) is 5.16. The van der Waals surface area contributed by atoms with Crippen LogP contribution in [0.3, 0.4) is 0 Å². The summed E-state index contributed by atoms with van der Waals surface area (Å²) in [7, 11) is -3.87. The molecule has 0 spiro atoms. The SMILES string of the molecule is O=S(=O)(O)CCCc1nc2ccccc2[nH]1. The van der Waals surface area contributed by atoms with Crippen molar-refractivity contribution in [2.75, 3.05) is 5.75 Å². The molecule has 0 saturated heterocycles. The Morgan fingerprint density at radius 2 is 2.06 bits per heavy atom. The number of aryl methyl sites for hydroxylation is 1. The number of imidazole rings is 1. The average molecular weight is 240 g/mol. The first kappa shape index (κ1) is 11.1. The second-order valence-electron chi connectivity index (χ2n) is 3.59. The Morgan fingerprint density at radius 3 is 2.75 bits per heavy atom. The highest BCUT2D eigenvalue weighted by molar-refractivity contribution is 7.85. The van der Waals surface area contributed by atoms with E-state index in [1.807, 2.05) is 24.3 Å². The molecule has 0 aliphatic heterocycles. The standard InChI is InChI=1S/C10H12N2O3S/c13-16(14,15)7-3-6-10-11-8-4-1-2-5-9(8)12-10/h1-2,4-5H,3,6-7H2,(H,11,12)(H,13,14,15). The van der Waals surface area contributed by atoms with Crippen LogP contribution < -0.4 is 0 Å². The Hall–Kier alpha value is -1.40. The van der Waals surface area contributed by atoms with E-state index in [-0.39, 0.29) is 5.75 Å². The number of benzene rings is 1. The van der Waals surface area contributed by atoms with Crippen LogP contribution in [0.4, 0.5) is 0 Å². The van der Waals surface area contributed by atoms with Gasteiger partial charge in [-0.1, -0.05) is 12.1 Å². The van der Waals surface area contributed by atoms with Crippen molar-refractivity contribution in [2.45, 2.75) is 12.8 Å². The summed E-state index contributed by atoms with van der Waals surface area (Å²) in [5.41, 5.74) is 1.80. The van der Waals surface area contributed by atoms with Crippen molar-refractivity contribution >= 4 is 21.2 Å². The van der Waals surface area contributed by atoms with Crippen molar-refractivity contribution in [3.05, 3.63) is 30.1 Å². The molecule has 86 valence electrons. The molecule has 1 aromatic carbocycles. The molecule has 16 heavy (non-hydrogen) atoms. The Morgan fingerprint density at radius 1 is 1.31 bits per heavy atom. The molecule has 1 aromatic heterocycles. The first-order valence-electron chi connectivity index (χ1n) is 4.93. The molecule has 0 aliphatic rings. The summed E-state index contributed by atoms with van der Waals surface area (Å²) < 4.78 is 29.6. The van der Waals surface area contributed by atoms with Gasteiger partial charge in [-0.3, -0.25) is 4.55 Å².